The predicted molar refractivity (Wildman–Crippen MR) is 76.0 cm³/mol. The van der Waals surface area contributed by atoms with Crippen molar-refractivity contribution in [3.63, 3.8) is 0 Å². The minimum Gasteiger partial charge on any atom is -0.468 e. The highest BCUT2D eigenvalue weighted by Crippen LogP contribution is 2.18. The summed E-state index contributed by atoms with van der Waals surface area (Å²) in [5.74, 6) is 1.10. The van der Waals surface area contributed by atoms with Crippen LogP contribution < -0.4 is 5.32 Å². The van der Waals surface area contributed by atoms with Gasteiger partial charge in [-0.15, -0.1) is 0 Å². The van der Waals surface area contributed by atoms with Crippen LogP contribution in [-0.4, -0.2) is 37.2 Å². The second kappa shape index (κ2) is 7.68. The van der Waals surface area contributed by atoms with Crippen LogP contribution in [0.2, 0.25) is 0 Å². The van der Waals surface area contributed by atoms with Crippen molar-refractivity contribution >= 4 is 0 Å². The third kappa shape index (κ3) is 4.06. The standard InChI is InChI=1S/C15H26N2O2/c1-3-6-16-10-13-5-8-19-15(13)11-17-7-9-18-12-14(17)4-2/h5,8,14,16H,3-4,6-7,9-12H2,1-2H3. The number of nitrogens with one attached hydrogen (secondary N) is 1. The largest absolute Gasteiger partial charge is 0.468 e. The van der Waals surface area contributed by atoms with E-state index in [4.69, 9.17) is 9.15 Å². The van der Waals surface area contributed by atoms with Crippen molar-refractivity contribution in [3.05, 3.63) is 23.7 Å². The van der Waals surface area contributed by atoms with E-state index in [1.54, 1.807) is 6.26 Å². The zero-order valence-corrected chi connectivity index (χ0v) is 12.2. The molecule has 1 aromatic heterocycles. The zero-order chi connectivity index (χ0) is 13.5. The highest BCUT2D eigenvalue weighted by Gasteiger charge is 2.23. The molecule has 1 unspecified atom stereocenters. The van der Waals surface area contributed by atoms with Crippen molar-refractivity contribution < 1.29 is 9.15 Å². The summed E-state index contributed by atoms with van der Waals surface area (Å²) >= 11 is 0. The number of furan rings is 1. The summed E-state index contributed by atoms with van der Waals surface area (Å²) in [6.07, 6.45) is 4.10. The molecule has 1 fully saturated rings. The molecular weight excluding hydrogens is 240 g/mol. The van der Waals surface area contributed by atoms with Gasteiger partial charge in [-0.3, -0.25) is 4.90 Å². The molecule has 4 nitrogen and oxygen atoms in total. The maximum atomic E-state index is 5.67. The molecule has 1 aliphatic heterocycles. The minimum absolute atomic E-state index is 0.523. The molecule has 0 bridgehead atoms. The molecule has 19 heavy (non-hydrogen) atoms. The van der Waals surface area contributed by atoms with Gasteiger partial charge in [0.15, 0.2) is 0 Å². The fourth-order valence-corrected chi connectivity index (χ4v) is 2.52. The molecule has 1 N–H and O–H groups in total. The fourth-order valence-electron chi connectivity index (χ4n) is 2.52. The van der Waals surface area contributed by atoms with Crippen LogP contribution in [0, 0.1) is 0 Å². The molecule has 1 aromatic rings. The molecule has 2 rings (SSSR count). The monoisotopic (exact) mass is 266 g/mol. The van der Waals surface area contributed by atoms with E-state index < -0.39 is 0 Å². The molecule has 1 atom stereocenters. The molecule has 0 amide bonds. The molecule has 0 saturated carbocycles. The SMILES string of the molecule is CCCNCc1ccoc1CN1CCOCC1CC. The van der Waals surface area contributed by atoms with Gasteiger partial charge in [0.05, 0.1) is 26.0 Å². The van der Waals surface area contributed by atoms with Crippen LogP contribution in [0.5, 0.6) is 0 Å². The summed E-state index contributed by atoms with van der Waals surface area (Å²) in [6, 6.07) is 2.61. The first kappa shape index (κ1) is 14.6. The van der Waals surface area contributed by atoms with Gasteiger partial charge in [0, 0.05) is 24.7 Å². The molecule has 2 heterocycles. The van der Waals surface area contributed by atoms with Crippen LogP contribution >= 0.6 is 0 Å². The number of rotatable bonds is 7. The Balaban J connectivity index is 1.92. The molecule has 1 saturated heterocycles. The molecule has 1 aliphatic rings. The molecule has 0 radical (unpaired) electrons. The Labute approximate surface area is 116 Å². The molecule has 0 aliphatic carbocycles. The maximum Gasteiger partial charge on any atom is 0.122 e. The van der Waals surface area contributed by atoms with Gasteiger partial charge in [-0.25, -0.2) is 0 Å². The second-order valence-electron chi connectivity index (χ2n) is 5.15. The normalized spacial score (nSPS) is 20.8. The Morgan fingerprint density at radius 3 is 3.11 bits per heavy atom. The Hall–Kier alpha value is -0.840. The highest BCUT2D eigenvalue weighted by molar-refractivity contribution is 5.17. The molecule has 0 spiro atoms. The summed E-state index contributed by atoms with van der Waals surface area (Å²) in [7, 11) is 0. The summed E-state index contributed by atoms with van der Waals surface area (Å²) in [4.78, 5) is 2.48. The minimum atomic E-state index is 0.523. The Bertz CT molecular complexity index is 365. The van der Waals surface area contributed by atoms with Gasteiger partial charge in [-0.1, -0.05) is 13.8 Å². The van der Waals surface area contributed by atoms with E-state index in [-0.39, 0.29) is 0 Å². The topological polar surface area (TPSA) is 37.6 Å². The van der Waals surface area contributed by atoms with Crippen LogP contribution in [0.25, 0.3) is 0 Å². The summed E-state index contributed by atoms with van der Waals surface area (Å²) in [6.45, 7) is 9.95. The lowest BCUT2D eigenvalue weighted by molar-refractivity contribution is -0.0155. The van der Waals surface area contributed by atoms with Crippen LogP contribution in [-0.2, 0) is 17.8 Å². The maximum absolute atomic E-state index is 5.67. The Kier molecular flexibility index (Phi) is 5.89. The lowest BCUT2D eigenvalue weighted by atomic mass is 10.1. The summed E-state index contributed by atoms with van der Waals surface area (Å²) < 4.78 is 11.2. The quantitative estimate of drug-likeness (QED) is 0.769. The Morgan fingerprint density at radius 1 is 1.42 bits per heavy atom. The number of ether oxygens (including phenoxy) is 1. The lowest BCUT2D eigenvalue weighted by Gasteiger charge is -2.34. The van der Waals surface area contributed by atoms with Crippen LogP contribution in [0.1, 0.15) is 38.0 Å². The molecule has 108 valence electrons. The van der Waals surface area contributed by atoms with E-state index >= 15 is 0 Å². The van der Waals surface area contributed by atoms with Crippen molar-refractivity contribution in [3.8, 4) is 0 Å². The fraction of sp³-hybridized carbons (Fsp3) is 0.733. The van der Waals surface area contributed by atoms with Crippen molar-refractivity contribution in [1.82, 2.24) is 10.2 Å². The number of morpholine rings is 1. The van der Waals surface area contributed by atoms with E-state index in [9.17, 15) is 0 Å². The van der Waals surface area contributed by atoms with Gasteiger partial charge in [0.1, 0.15) is 5.76 Å². The van der Waals surface area contributed by atoms with E-state index in [1.165, 1.54) is 5.56 Å². The van der Waals surface area contributed by atoms with E-state index in [1.807, 2.05) is 0 Å². The first-order chi connectivity index (χ1) is 9.35. The summed E-state index contributed by atoms with van der Waals surface area (Å²) in [5, 5.41) is 3.44. The van der Waals surface area contributed by atoms with Gasteiger partial charge >= 0.3 is 0 Å². The van der Waals surface area contributed by atoms with E-state index in [0.717, 1.165) is 58.0 Å². The average Bonchev–Trinajstić information content (AvgIpc) is 2.87. The smallest absolute Gasteiger partial charge is 0.122 e. The predicted octanol–water partition coefficient (Wildman–Crippen LogP) is 2.39. The Morgan fingerprint density at radius 2 is 2.32 bits per heavy atom. The third-order valence-corrected chi connectivity index (χ3v) is 3.75. The number of hydrogen-bond donors (Lipinski definition) is 1. The van der Waals surface area contributed by atoms with Crippen molar-refractivity contribution in [1.29, 1.82) is 0 Å². The number of hydrogen-bond acceptors (Lipinski definition) is 4. The van der Waals surface area contributed by atoms with Gasteiger partial charge in [0.2, 0.25) is 0 Å². The van der Waals surface area contributed by atoms with Crippen LogP contribution in [0.3, 0.4) is 0 Å². The van der Waals surface area contributed by atoms with Crippen LogP contribution in [0.15, 0.2) is 16.7 Å². The van der Waals surface area contributed by atoms with Crippen molar-refractivity contribution in [2.75, 3.05) is 26.3 Å². The summed E-state index contributed by atoms with van der Waals surface area (Å²) in [5.41, 5.74) is 1.29. The lowest BCUT2D eigenvalue weighted by Crippen LogP contribution is -2.44. The van der Waals surface area contributed by atoms with Gasteiger partial charge in [-0.05, 0) is 25.5 Å². The third-order valence-electron chi connectivity index (χ3n) is 3.75. The van der Waals surface area contributed by atoms with E-state index in [0.29, 0.717) is 6.04 Å². The average molecular weight is 266 g/mol. The molecular formula is C15H26N2O2. The zero-order valence-electron chi connectivity index (χ0n) is 12.2. The van der Waals surface area contributed by atoms with Crippen LogP contribution in [0.4, 0.5) is 0 Å². The second-order valence-corrected chi connectivity index (χ2v) is 5.15. The first-order valence-corrected chi connectivity index (χ1v) is 7.42. The van der Waals surface area contributed by atoms with Crippen molar-refractivity contribution in [2.24, 2.45) is 0 Å². The molecule has 4 heteroatoms. The highest BCUT2D eigenvalue weighted by atomic mass is 16.5. The van der Waals surface area contributed by atoms with Gasteiger partial charge in [0.25, 0.3) is 0 Å². The van der Waals surface area contributed by atoms with Crippen molar-refractivity contribution in [2.45, 2.75) is 45.8 Å². The van der Waals surface area contributed by atoms with Gasteiger partial charge < -0.3 is 14.5 Å². The number of nitrogens with zero attached hydrogens (tertiary/aromatic N) is 1. The first-order valence-electron chi connectivity index (χ1n) is 7.42. The van der Waals surface area contributed by atoms with Gasteiger partial charge in [-0.2, -0.15) is 0 Å². The molecule has 0 aromatic carbocycles. The van der Waals surface area contributed by atoms with E-state index in [2.05, 4.69) is 30.1 Å².